The van der Waals surface area contributed by atoms with E-state index in [0.717, 1.165) is 28.7 Å². The average molecular weight is 447 g/mol. The molecule has 158 valence electrons. The number of aromatic nitrogens is 3. The molecule has 1 atom stereocenters. The van der Waals surface area contributed by atoms with Crippen LogP contribution in [0.2, 0.25) is 10.3 Å². The Kier molecular flexibility index (Phi) is 5.64. The van der Waals surface area contributed by atoms with Crippen molar-refractivity contribution in [2.24, 2.45) is 5.92 Å². The highest BCUT2D eigenvalue weighted by atomic mass is 35.5. The number of carbonyl (C=O) groups is 1. The average Bonchev–Trinajstić information content (AvgIpc) is 3.27. The predicted octanol–water partition coefficient (Wildman–Crippen LogP) is 5.66. The van der Waals surface area contributed by atoms with E-state index in [0.29, 0.717) is 24.7 Å². The molecular formula is C22H24Cl2N4O2. The number of hydrogen-bond acceptors (Lipinski definition) is 4. The smallest absolute Gasteiger partial charge is 0.410 e. The Hall–Kier alpha value is -2.31. The lowest BCUT2D eigenvalue weighted by atomic mass is 10.1. The molecule has 8 heteroatoms. The first-order valence-electron chi connectivity index (χ1n) is 9.96. The van der Waals surface area contributed by atoms with Gasteiger partial charge in [0.2, 0.25) is 5.28 Å². The van der Waals surface area contributed by atoms with Gasteiger partial charge in [0.15, 0.2) is 0 Å². The number of carbonyl (C=O) groups excluding carboxylic acids is 1. The van der Waals surface area contributed by atoms with Crippen LogP contribution in [0, 0.1) is 5.92 Å². The van der Waals surface area contributed by atoms with Crippen LogP contribution in [0.4, 0.5) is 4.79 Å². The molecule has 1 aliphatic rings. The molecule has 0 saturated carbocycles. The summed E-state index contributed by atoms with van der Waals surface area (Å²) in [5.74, 6) is 0.267. The van der Waals surface area contributed by atoms with Crippen molar-refractivity contribution in [3.8, 4) is 11.3 Å². The first kappa shape index (κ1) is 20.9. The van der Waals surface area contributed by atoms with Gasteiger partial charge in [0.25, 0.3) is 0 Å². The molecule has 0 spiro atoms. The molecule has 0 bridgehead atoms. The van der Waals surface area contributed by atoms with E-state index in [1.54, 1.807) is 11.1 Å². The topological polar surface area (TPSA) is 60.2 Å². The van der Waals surface area contributed by atoms with Crippen LogP contribution in [0.3, 0.4) is 0 Å². The van der Waals surface area contributed by atoms with Gasteiger partial charge in [0.05, 0.1) is 5.69 Å². The molecule has 1 aliphatic heterocycles. The Morgan fingerprint density at radius 3 is 2.77 bits per heavy atom. The van der Waals surface area contributed by atoms with E-state index in [1.165, 1.54) is 0 Å². The molecule has 6 nitrogen and oxygen atoms in total. The molecule has 30 heavy (non-hydrogen) atoms. The van der Waals surface area contributed by atoms with Crippen LogP contribution >= 0.6 is 23.2 Å². The largest absolute Gasteiger partial charge is 0.444 e. The van der Waals surface area contributed by atoms with Crippen LogP contribution in [0.25, 0.3) is 22.3 Å². The molecule has 0 aliphatic carbocycles. The summed E-state index contributed by atoms with van der Waals surface area (Å²) in [4.78, 5) is 22.8. The van der Waals surface area contributed by atoms with Crippen molar-refractivity contribution in [3.63, 3.8) is 0 Å². The van der Waals surface area contributed by atoms with Crippen LogP contribution in [-0.2, 0) is 11.3 Å². The Bertz CT molecular complexity index is 1090. The molecule has 0 N–H and O–H groups in total. The highest BCUT2D eigenvalue weighted by Crippen LogP contribution is 2.34. The summed E-state index contributed by atoms with van der Waals surface area (Å²) in [6.45, 7) is 7.64. The minimum atomic E-state index is -0.503. The molecule has 1 unspecified atom stereocenters. The number of fused-ring (bicyclic) bond motifs is 1. The zero-order valence-corrected chi connectivity index (χ0v) is 18.7. The van der Waals surface area contributed by atoms with E-state index >= 15 is 0 Å². The molecule has 1 aromatic carbocycles. The molecule has 3 aromatic rings. The molecule has 2 aromatic heterocycles. The molecule has 1 saturated heterocycles. The van der Waals surface area contributed by atoms with Gasteiger partial charge in [-0.3, -0.25) is 0 Å². The van der Waals surface area contributed by atoms with Crippen LogP contribution < -0.4 is 0 Å². The van der Waals surface area contributed by atoms with Crippen molar-refractivity contribution in [3.05, 3.63) is 46.8 Å². The van der Waals surface area contributed by atoms with E-state index in [1.807, 2.05) is 51.1 Å². The third kappa shape index (κ3) is 4.40. The van der Waals surface area contributed by atoms with Crippen LogP contribution in [0.5, 0.6) is 0 Å². The van der Waals surface area contributed by atoms with Gasteiger partial charge in [-0.1, -0.05) is 29.8 Å². The minimum absolute atomic E-state index is 0.203. The van der Waals surface area contributed by atoms with Crippen molar-refractivity contribution in [2.45, 2.75) is 39.3 Å². The van der Waals surface area contributed by atoms with Gasteiger partial charge in [-0.15, -0.1) is 0 Å². The highest BCUT2D eigenvalue weighted by Gasteiger charge is 2.31. The van der Waals surface area contributed by atoms with Gasteiger partial charge in [0, 0.05) is 41.8 Å². The highest BCUT2D eigenvalue weighted by molar-refractivity contribution is 6.33. The second-order valence-corrected chi connectivity index (χ2v) is 9.36. The lowest BCUT2D eigenvalue weighted by molar-refractivity contribution is 0.0287. The first-order chi connectivity index (χ1) is 14.2. The number of ether oxygens (including phenoxy) is 1. The number of benzene rings is 1. The summed E-state index contributed by atoms with van der Waals surface area (Å²) in [6.07, 6.45) is 2.35. The van der Waals surface area contributed by atoms with Crippen LogP contribution in [0.1, 0.15) is 27.2 Å². The van der Waals surface area contributed by atoms with E-state index in [4.69, 9.17) is 27.9 Å². The van der Waals surface area contributed by atoms with E-state index in [9.17, 15) is 4.79 Å². The number of likely N-dealkylation sites (tertiary alicyclic amines) is 1. The van der Waals surface area contributed by atoms with Crippen molar-refractivity contribution in [1.29, 1.82) is 0 Å². The minimum Gasteiger partial charge on any atom is -0.444 e. The summed E-state index contributed by atoms with van der Waals surface area (Å²) in [6, 6.07) is 9.77. The molecule has 1 amide bonds. The van der Waals surface area contributed by atoms with Crippen molar-refractivity contribution >= 4 is 40.3 Å². The standard InChI is InChI=1S/C22H24Cl2N4O2/c1-22(2,3)30-21(29)27-9-8-14(12-27)13-28-18(16-6-4-5-7-17(16)23)10-15-11-25-20(24)26-19(15)28/h4-7,10-11,14H,8-9,12-13H2,1-3H3. The van der Waals surface area contributed by atoms with Gasteiger partial charge in [-0.05, 0) is 56.8 Å². The molecule has 3 heterocycles. The quantitative estimate of drug-likeness (QED) is 0.486. The fourth-order valence-corrected chi connectivity index (χ4v) is 4.19. The second-order valence-electron chi connectivity index (χ2n) is 8.62. The second kappa shape index (κ2) is 8.08. The van der Waals surface area contributed by atoms with Gasteiger partial charge in [-0.25, -0.2) is 9.78 Å². The Morgan fingerprint density at radius 1 is 1.27 bits per heavy atom. The molecule has 0 radical (unpaired) electrons. The fourth-order valence-electron chi connectivity index (χ4n) is 3.83. The number of nitrogens with zero attached hydrogens (tertiary/aromatic N) is 4. The zero-order chi connectivity index (χ0) is 21.5. The first-order valence-corrected chi connectivity index (χ1v) is 10.7. The van der Waals surface area contributed by atoms with Gasteiger partial charge in [0.1, 0.15) is 11.2 Å². The Morgan fingerprint density at radius 2 is 2.03 bits per heavy atom. The monoisotopic (exact) mass is 446 g/mol. The Labute approximate surface area is 185 Å². The SMILES string of the molecule is CC(C)(C)OC(=O)N1CCC(Cn2c(-c3ccccc3Cl)cc3cnc(Cl)nc32)C1. The maximum atomic E-state index is 12.4. The molecule has 1 fully saturated rings. The van der Waals surface area contributed by atoms with Gasteiger partial charge < -0.3 is 14.2 Å². The summed E-state index contributed by atoms with van der Waals surface area (Å²) in [5, 5.41) is 1.77. The summed E-state index contributed by atoms with van der Waals surface area (Å²) in [5.41, 5.74) is 2.15. The maximum absolute atomic E-state index is 12.4. The normalized spacial score (nSPS) is 17.0. The number of rotatable bonds is 3. The van der Waals surface area contributed by atoms with Crippen molar-refractivity contribution in [2.75, 3.05) is 13.1 Å². The summed E-state index contributed by atoms with van der Waals surface area (Å²) >= 11 is 12.6. The number of halogens is 2. The van der Waals surface area contributed by atoms with Crippen molar-refractivity contribution in [1.82, 2.24) is 19.4 Å². The maximum Gasteiger partial charge on any atom is 0.410 e. The summed E-state index contributed by atoms with van der Waals surface area (Å²) in [7, 11) is 0. The lowest BCUT2D eigenvalue weighted by Gasteiger charge is -2.24. The van der Waals surface area contributed by atoms with E-state index in [2.05, 4.69) is 14.5 Å². The lowest BCUT2D eigenvalue weighted by Crippen LogP contribution is -2.35. The predicted molar refractivity (Wildman–Crippen MR) is 119 cm³/mol. The molecular weight excluding hydrogens is 423 g/mol. The Balaban J connectivity index is 1.64. The van der Waals surface area contributed by atoms with Crippen LogP contribution in [0.15, 0.2) is 36.5 Å². The zero-order valence-electron chi connectivity index (χ0n) is 17.2. The van der Waals surface area contributed by atoms with Gasteiger partial charge >= 0.3 is 6.09 Å². The van der Waals surface area contributed by atoms with E-state index in [-0.39, 0.29) is 17.3 Å². The fraction of sp³-hybridized carbons (Fsp3) is 0.409. The summed E-state index contributed by atoms with van der Waals surface area (Å²) < 4.78 is 7.66. The third-order valence-corrected chi connectivity index (χ3v) is 5.65. The van der Waals surface area contributed by atoms with Crippen LogP contribution in [-0.4, -0.2) is 44.2 Å². The molecule has 4 rings (SSSR count). The third-order valence-electron chi connectivity index (χ3n) is 5.13. The number of amides is 1. The van der Waals surface area contributed by atoms with Gasteiger partial charge in [-0.2, -0.15) is 4.98 Å². The van der Waals surface area contributed by atoms with Crippen molar-refractivity contribution < 1.29 is 9.53 Å². The number of hydrogen-bond donors (Lipinski definition) is 0. The van der Waals surface area contributed by atoms with E-state index < -0.39 is 5.60 Å².